The topological polar surface area (TPSA) is 41.6 Å². The fraction of sp³-hybridized carbons (Fsp3) is 0.0667. The summed E-state index contributed by atoms with van der Waals surface area (Å²) in [5, 5.41) is 9.28. The Labute approximate surface area is 134 Å². The van der Waals surface area contributed by atoms with Gasteiger partial charge in [0.1, 0.15) is 11.9 Å². The van der Waals surface area contributed by atoms with Crippen LogP contribution in [-0.4, -0.2) is 9.55 Å². The summed E-state index contributed by atoms with van der Waals surface area (Å²) >= 11 is 8.28. The Kier molecular flexibility index (Phi) is 3.64. The van der Waals surface area contributed by atoms with Crippen LogP contribution in [0.3, 0.4) is 0 Å². The molecule has 0 unspecified atom stereocenters. The summed E-state index contributed by atoms with van der Waals surface area (Å²) in [6, 6.07) is 15.7. The van der Waals surface area contributed by atoms with Crippen LogP contribution < -0.4 is 0 Å². The number of fused-ring (bicyclic) bond motifs is 1. The van der Waals surface area contributed by atoms with Crippen LogP contribution in [0.15, 0.2) is 42.5 Å². The predicted octanol–water partition coefficient (Wildman–Crippen LogP) is 4.24. The van der Waals surface area contributed by atoms with E-state index in [9.17, 15) is 5.26 Å². The Morgan fingerprint density at radius 3 is 2.80 bits per heavy atom. The third kappa shape index (κ3) is 2.17. The van der Waals surface area contributed by atoms with Crippen molar-refractivity contribution >= 4 is 45.2 Å². The maximum absolute atomic E-state index is 9.28. The normalized spacial score (nSPS) is 10.7. The fourth-order valence-corrected chi connectivity index (χ4v) is 2.88. The highest BCUT2D eigenvalue weighted by Crippen LogP contribution is 2.25. The number of hydrogen-bond donors (Lipinski definition) is 0. The minimum Gasteiger partial charge on any atom is -0.294 e. The molecule has 0 aliphatic carbocycles. The molecule has 0 radical (unpaired) electrons. The average Bonchev–Trinajstić information content (AvgIpc) is 2.84. The van der Waals surface area contributed by atoms with Crippen LogP contribution in [0.4, 0.5) is 0 Å². The van der Waals surface area contributed by atoms with Gasteiger partial charge < -0.3 is 0 Å². The van der Waals surface area contributed by atoms with Crippen LogP contribution in [0.1, 0.15) is 11.4 Å². The quantitative estimate of drug-likeness (QED) is 0.483. The molecule has 3 aromatic rings. The molecule has 20 heavy (non-hydrogen) atoms. The van der Waals surface area contributed by atoms with Crippen molar-refractivity contribution in [3.05, 3.63) is 57.4 Å². The molecule has 2 aromatic carbocycles. The lowest BCUT2D eigenvalue weighted by Gasteiger charge is -2.09. The zero-order valence-corrected chi connectivity index (χ0v) is 13.3. The molecule has 0 saturated heterocycles. The molecule has 3 rings (SSSR count). The summed E-state index contributed by atoms with van der Waals surface area (Å²) in [5.41, 5.74) is 3.27. The molecule has 0 N–H and O–H groups in total. The number of benzene rings is 2. The number of alkyl halides is 1. The third-order valence-corrected chi connectivity index (χ3v) is 3.98. The molecule has 0 aliphatic rings. The Morgan fingerprint density at radius 1 is 1.25 bits per heavy atom. The number of halogens is 2. The molecule has 0 spiro atoms. The summed E-state index contributed by atoms with van der Waals surface area (Å²) in [6.07, 6.45) is 0. The number of para-hydroxylation sites is 1. The largest absolute Gasteiger partial charge is 0.294 e. The lowest BCUT2D eigenvalue weighted by molar-refractivity contribution is 0.978. The Hall–Kier alpha value is -1.58. The van der Waals surface area contributed by atoms with E-state index in [1.54, 1.807) is 6.07 Å². The van der Waals surface area contributed by atoms with Crippen LogP contribution in [-0.2, 0) is 5.88 Å². The van der Waals surface area contributed by atoms with Crippen molar-refractivity contribution in [2.45, 2.75) is 5.88 Å². The van der Waals surface area contributed by atoms with Gasteiger partial charge in [0, 0.05) is 3.57 Å². The highest BCUT2D eigenvalue weighted by Gasteiger charge is 2.14. The standard InChI is InChI=1S/C15H9ClIN3/c16-8-15-19-12-7-11(17)5-6-14(12)20(15)13-4-2-1-3-10(13)9-18/h1-7H,8H2. The van der Waals surface area contributed by atoms with E-state index in [1.165, 1.54) is 0 Å². The van der Waals surface area contributed by atoms with Crippen LogP contribution >= 0.6 is 34.2 Å². The first-order chi connectivity index (χ1) is 9.74. The fourth-order valence-electron chi connectivity index (χ4n) is 2.22. The van der Waals surface area contributed by atoms with Gasteiger partial charge in [0.15, 0.2) is 0 Å². The summed E-state index contributed by atoms with van der Waals surface area (Å²) in [6.45, 7) is 0. The van der Waals surface area contributed by atoms with E-state index in [0.717, 1.165) is 26.1 Å². The van der Waals surface area contributed by atoms with Crippen molar-refractivity contribution in [1.82, 2.24) is 9.55 Å². The number of rotatable bonds is 2. The number of hydrogen-bond acceptors (Lipinski definition) is 2. The van der Waals surface area contributed by atoms with Gasteiger partial charge >= 0.3 is 0 Å². The van der Waals surface area contributed by atoms with Gasteiger partial charge in [0.25, 0.3) is 0 Å². The van der Waals surface area contributed by atoms with Crippen LogP contribution in [0, 0.1) is 14.9 Å². The Balaban J connectivity index is 2.38. The average molecular weight is 394 g/mol. The maximum Gasteiger partial charge on any atom is 0.129 e. The van der Waals surface area contributed by atoms with Gasteiger partial charge in [-0.1, -0.05) is 12.1 Å². The summed E-state index contributed by atoms with van der Waals surface area (Å²) in [7, 11) is 0. The molecule has 1 heterocycles. The molecule has 0 amide bonds. The SMILES string of the molecule is N#Cc1ccccc1-n1c(CCl)nc2cc(I)ccc21. The second-order valence-corrected chi connectivity index (χ2v) is 5.77. The number of nitriles is 1. The molecule has 0 atom stereocenters. The maximum atomic E-state index is 9.28. The monoisotopic (exact) mass is 393 g/mol. The summed E-state index contributed by atoms with van der Waals surface area (Å²) < 4.78 is 3.08. The molecule has 5 heteroatoms. The van der Waals surface area contributed by atoms with Crippen molar-refractivity contribution < 1.29 is 0 Å². The highest BCUT2D eigenvalue weighted by atomic mass is 127. The van der Waals surface area contributed by atoms with Crippen LogP contribution in [0.5, 0.6) is 0 Å². The van der Waals surface area contributed by atoms with Gasteiger partial charge in [-0.3, -0.25) is 4.57 Å². The molecule has 0 saturated carbocycles. The van der Waals surface area contributed by atoms with E-state index >= 15 is 0 Å². The van der Waals surface area contributed by atoms with Crippen molar-refractivity contribution in [2.24, 2.45) is 0 Å². The van der Waals surface area contributed by atoms with Crippen molar-refractivity contribution in [1.29, 1.82) is 5.26 Å². The second kappa shape index (κ2) is 5.43. The Bertz CT molecular complexity index is 833. The molecule has 98 valence electrons. The van der Waals surface area contributed by atoms with Gasteiger partial charge in [0.2, 0.25) is 0 Å². The smallest absolute Gasteiger partial charge is 0.129 e. The molecule has 0 aliphatic heterocycles. The number of aromatic nitrogens is 2. The number of nitrogens with zero attached hydrogens (tertiary/aromatic N) is 3. The molecule has 1 aromatic heterocycles. The molecular weight excluding hydrogens is 385 g/mol. The van der Waals surface area contributed by atoms with E-state index in [2.05, 4.69) is 33.6 Å². The minimum atomic E-state index is 0.297. The van der Waals surface area contributed by atoms with Crippen molar-refractivity contribution in [3.63, 3.8) is 0 Å². The minimum absolute atomic E-state index is 0.297. The van der Waals surface area contributed by atoms with Gasteiger partial charge in [-0.25, -0.2) is 4.98 Å². The van der Waals surface area contributed by atoms with Gasteiger partial charge in [-0.15, -0.1) is 11.6 Å². The van der Waals surface area contributed by atoms with E-state index < -0.39 is 0 Å². The molecular formula is C15H9ClIN3. The van der Waals surface area contributed by atoms with E-state index in [-0.39, 0.29) is 0 Å². The van der Waals surface area contributed by atoms with Crippen LogP contribution in [0.2, 0.25) is 0 Å². The first kappa shape index (κ1) is 13.4. The highest BCUT2D eigenvalue weighted by molar-refractivity contribution is 14.1. The first-order valence-corrected chi connectivity index (χ1v) is 7.58. The summed E-state index contributed by atoms with van der Waals surface area (Å²) in [4.78, 5) is 4.56. The Morgan fingerprint density at radius 2 is 2.05 bits per heavy atom. The lowest BCUT2D eigenvalue weighted by atomic mass is 10.2. The first-order valence-electron chi connectivity index (χ1n) is 5.97. The van der Waals surface area contributed by atoms with E-state index in [1.807, 2.05) is 41.0 Å². The summed E-state index contributed by atoms with van der Waals surface area (Å²) in [5.74, 6) is 1.04. The van der Waals surface area contributed by atoms with Crippen molar-refractivity contribution in [3.8, 4) is 11.8 Å². The number of imidazole rings is 1. The van der Waals surface area contributed by atoms with Gasteiger partial charge in [-0.05, 0) is 52.9 Å². The lowest BCUT2D eigenvalue weighted by Crippen LogP contribution is -2.01. The van der Waals surface area contributed by atoms with Gasteiger partial charge in [-0.2, -0.15) is 5.26 Å². The van der Waals surface area contributed by atoms with Gasteiger partial charge in [0.05, 0.1) is 28.2 Å². The van der Waals surface area contributed by atoms with Crippen molar-refractivity contribution in [2.75, 3.05) is 0 Å². The van der Waals surface area contributed by atoms with Crippen LogP contribution in [0.25, 0.3) is 16.7 Å². The zero-order valence-electron chi connectivity index (χ0n) is 10.3. The second-order valence-electron chi connectivity index (χ2n) is 4.26. The molecule has 0 fully saturated rings. The molecule has 0 bridgehead atoms. The predicted molar refractivity (Wildman–Crippen MR) is 88.1 cm³/mol. The van der Waals surface area contributed by atoms with E-state index in [0.29, 0.717) is 11.4 Å². The third-order valence-electron chi connectivity index (χ3n) is 3.07. The zero-order chi connectivity index (χ0) is 14.1. The van der Waals surface area contributed by atoms with E-state index in [4.69, 9.17) is 11.6 Å². The molecule has 3 nitrogen and oxygen atoms in total.